The van der Waals surface area contributed by atoms with Crippen LogP contribution < -0.4 is 4.74 Å². The summed E-state index contributed by atoms with van der Waals surface area (Å²) in [5.41, 5.74) is -0.502. The Hall–Kier alpha value is -2.78. The molecule has 132 valence electrons. The lowest BCUT2D eigenvalue weighted by Crippen LogP contribution is -2.16. The van der Waals surface area contributed by atoms with Crippen molar-refractivity contribution in [3.05, 3.63) is 48.0 Å². The molecule has 10 heteroatoms. The quantitative estimate of drug-likeness (QED) is 0.625. The van der Waals surface area contributed by atoms with Gasteiger partial charge in [0.1, 0.15) is 5.75 Å². The molecule has 0 aliphatic carbocycles. The van der Waals surface area contributed by atoms with Gasteiger partial charge in [0.2, 0.25) is 5.78 Å². The molecule has 0 fully saturated rings. The highest BCUT2D eigenvalue weighted by molar-refractivity contribution is 5.63. The minimum absolute atomic E-state index is 0.120. The van der Waals surface area contributed by atoms with E-state index in [1.807, 2.05) is 0 Å². The van der Waals surface area contributed by atoms with Crippen molar-refractivity contribution in [1.82, 2.24) is 14.4 Å². The minimum Gasteiger partial charge on any atom is -0.406 e. The predicted octanol–water partition coefficient (Wildman–Crippen LogP) is 4.62. The number of hydrogen-bond donors (Lipinski definition) is 0. The molecule has 4 nitrogen and oxygen atoms in total. The Bertz CT molecular complexity index is 912. The maximum Gasteiger partial charge on any atom is 0.573 e. The van der Waals surface area contributed by atoms with Gasteiger partial charge in [-0.15, -0.1) is 13.2 Å². The van der Waals surface area contributed by atoms with Gasteiger partial charge in [-0.05, 0) is 24.6 Å². The van der Waals surface area contributed by atoms with E-state index in [-0.39, 0.29) is 17.0 Å². The lowest BCUT2D eigenvalue weighted by molar-refractivity contribution is -0.274. The molecule has 0 aliphatic heterocycles. The molecule has 0 spiro atoms. The number of nitrogens with zero attached hydrogens (tertiary/aromatic N) is 3. The van der Waals surface area contributed by atoms with E-state index in [1.165, 1.54) is 31.5 Å². The zero-order valence-electron chi connectivity index (χ0n) is 12.5. The number of rotatable bonds is 2. The Morgan fingerprint density at radius 2 is 1.60 bits per heavy atom. The number of alkyl halides is 6. The second kappa shape index (κ2) is 5.64. The Kier molecular flexibility index (Phi) is 3.85. The summed E-state index contributed by atoms with van der Waals surface area (Å²) in [5.74, 6) is -0.551. The fourth-order valence-electron chi connectivity index (χ4n) is 2.38. The predicted molar refractivity (Wildman–Crippen MR) is 74.8 cm³/mol. The molecule has 0 radical (unpaired) electrons. The fourth-order valence-corrected chi connectivity index (χ4v) is 2.38. The van der Waals surface area contributed by atoms with E-state index in [0.717, 1.165) is 16.5 Å². The van der Waals surface area contributed by atoms with E-state index in [2.05, 4.69) is 14.7 Å². The maximum atomic E-state index is 13.1. The topological polar surface area (TPSA) is 39.4 Å². The average Bonchev–Trinajstić information content (AvgIpc) is 2.81. The van der Waals surface area contributed by atoms with Gasteiger partial charge < -0.3 is 4.74 Å². The number of halogens is 6. The van der Waals surface area contributed by atoms with Crippen molar-refractivity contribution < 1.29 is 31.1 Å². The van der Waals surface area contributed by atoms with Crippen molar-refractivity contribution in [3.8, 4) is 16.9 Å². The number of hydrogen-bond acceptors (Lipinski definition) is 3. The van der Waals surface area contributed by atoms with Crippen LogP contribution in [0.4, 0.5) is 26.3 Å². The van der Waals surface area contributed by atoms with Crippen molar-refractivity contribution in [2.45, 2.75) is 19.5 Å². The number of imidazole rings is 1. The largest absolute Gasteiger partial charge is 0.573 e. The van der Waals surface area contributed by atoms with Gasteiger partial charge in [0.25, 0.3) is 0 Å². The van der Waals surface area contributed by atoms with Gasteiger partial charge in [-0.3, -0.25) is 4.40 Å². The normalized spacial score (nSPS) is 12.6. The van der Waals surface area contributed by atoms with Crippen molar-refractivity contribution in [2.24, 2.45) is 0 Å². The third-order valence-electron chi connectivity index (χ3n) is 3.34. The van der Waals surface area contributed by atoms with Gasteiger partial charge >= 0.3 is 12.5 Å². The van der Waals surface area contributed by atoms with E-state index in [1.54, 1.807) is 0 Å². The molecule has 25 heavy (non-hydrogen) atoms. The van der Waals surface area contributed by atoms with E-state index in [0.29, 0.717) is 5.56 Å². The van der Waals surface area contributed by atoms with Crippen LogP contribution in [0.15, 0.2) is 36.7 Å². The Morgan fingerprint density at radius 3 is 2.16 bits per heavy atom. The molecule has 2 aromatic heterocycles. The van der Waals surface area contributed by atoms with Gasteiger partial charge in [0.05, 0.1) is 5.69 Å². The van der Waals surface area contributed by atoms with Crippen LogP contribution in [-0.2, 0) is 6.18 Å². The van der Waals surface area contributed by atoms with Crippen LogP contribution in [0, 0.1) is 6.92 Å². The first-order valence-electron chi connectivity index (χ1n) is 6.83. The van der Waals surface area contributed by atoms with Crippen LogP contribution >= 0.6 is 0 Å². The van der Waals surface area contributed by atoms with Gasteiger partial charge in [-0.2, -0.15) is 13.2 Å². The van der Waals surface area contributed by atoms with Crippen LogP contribution in [0.1, 0.15) is 11.4 Å². The van der Waals surface area contributed by atoms with Gasteiger partial charge in [0.15, 0.2) is 5.69 Å². The monoisotopic (exact) mass is 361 g/mol. The van der Waals surface area contributed by atoms with Crippen LogP contribution in [0.3, 0.4) is 0 Å². The average molecular weight is 361 g/mol. The van der Waals surface area contributed by atoms with Gasteiger partial charge in [-0.1, -0.05) is 12.1 Å². The van der Waals surface area contributed by atoms with Crippen molar-refractivity contribution in [1.29, 1.82) is 0 Å². The lowest BCUT2D eigenvalue weighted by Gasteiger charge is -2.10. The smallest absolute Gasteiger partial charge is 0.406 e. The molecule has 0 aliphatic rings. The summed E-state index contributed by atoms with van der Waals surface area (Å²) in [6.45, 7) is 1.22. The molecule has 0 saturated heterocycles. The van der Waals surface area contributed by atoms with Crippen molar-refractivity contribution in [3.63, 3.8) is 0 Å². The summed E-state index contributed by atoms with van der Waals surface area (Å²) < 4.78 is 80.4. The number of aromatic nitrogens is 3. The molecule has 1 aromatic carbocycles. The molecule has 0 bridgehead atoms. The second-order valence-corrected chi connectivity index (χ2v) is 5.13. The summed E-state index contributed by atoms with van der Waals surface area (Å²) >= 11 is 0. The zero-order chi connectivity index (χ0) is 18.4. The number of benzene rings is 1. The molecular weight excluding hydrogens is 352 g/mol. The van der Waals surface area contributed by atoms with Crippen LogP contribution in [0.25, 0.3) is 16.9 Å². The van der Waals surface area contributed by atoms with Crippen molar-refractivity contribution in [2.75, 3.05) is 0 Å². The van der Waals surface area contributed by atoms with Gasteiger partial charge in [0, 0.05) is 18.0 Å². The molecule has 2 heterocycles. The Balaban J connectivity index is 2.02. The Morgan fingerprint density at radius 1 is 0.960 bits per heavy atom. The molecule has 0 unspecified atom stereocenters. The number of aryl methyl sites for hydroxylation is 1. The van der Waals surface area contributed by atoms with E-state index >= 15 is 0 Å². The molecule has 0 saturated carbocycles. The molecule has 0 N–H and O–H groups in total. The van der Waals surface area contributed by atoms with E-state index in [4.69, 9.17) is 0 Å². The molecule has 0 atom stereocenters. The first-order valence-corrected chi connectivity index (χ1v) is 6.83. The highest BCUT2D eigenvalue weighted by Gasteiger charge is 2.37. The lowest BCUT2D eigenvalue weighted by atomic mass is 10.1. The van der Waals surface area contributed by atoms with Crippen LogP contribution in [-0.4, -0.2) is 20.7 Å². The summed E-state index contributed by atoms with van der Waals surface area (Å²) in [4.78, 5) is 7.63. The summed E-state index contributed by atoms with van der Waals surface area (Å²) in [6.07, 6.45) is -6.96. The SMILES string of the molecule is Cc1nc2ncc(-c3ccc(OC(F)(F)F)cc3)cn2c1C(F)(F)F. The highest BCUT2D eigenvalue weighted by atomic mass is 19.4. The first-order chi connectivity index (χ1) is 11.5. The number of ether oxygens (including phenoxy) is 1. The van der Waals surface area contributed by atoms with E-state index in [9.17, 15) is 26.3 Å². The van der Waals surface area contributed by atoms with E-state index < -0.39 is 24.0 Å². The molecule has 3 aromatic rings. The summed E-state index contributed by atoms with van der Waals surface area (Å²) in [7, 11) is 0. The highest BCUT2D eigenvalue weighted by Crippen LogP contribution is 2.33. The zero-order valence-corrected chi connectivity index (χ0v) is 12.5. The number of fused-ring (bicyclic) bond motifs is 1. The Labute approximate surface area is 136 Å². The standard InChI is InChI=1S/C15H9F6N3O/c1-8-12(14(16,17)18)24-7-10(6-22-13(24)23-8)9-2-4-11(5-3-9)25-15(19,20)21/h2-7H,1H3. The second-order valence-electron chi connectivity index (χ2n) is 5.13. The fraction of sp³-hybridized carbons (Fsp3) is 0.200. The van der Waals surface area contributed by atoms with Crippen molar-refractivity contribution >= 4 is 5.78 Å². The summed E-state index contributed by atoms with van der Waals surface area (Å²) in [5, 5.41) is 0. The maximum absolute atomic E-state index is 13.1. The summed E-state index contributed by atoms with van der Waals surface area (Å²) in [6, 6.07) is 4.72. The third-order valence-corrected chi connectivity index (χ3v) is 3.34. The molecule has 0 amide bonds. The third kappa shape index (κ3) is 3.52. The minimum atomic E-state index is -4.82. The van der Waals surface area contributed by atoms with Gasteiger partial charge in [-0.25, -0.2) is 9.97 Å². The molecule has 3 rings (SSSR count). The van der Waals surface area contributed by atoms with Crippen LogP contribution in [0.2, 0.25) is 0 Å². The first kappa shape index (κ1) is 17.1. The molecular formula is C15H9F6N3O. The van der Waals surface area contributed by atoms with Crippen LogP contribution in [0.5, 0.6) is 5.75 Å².